The van der Waals surface area contributed by atoms with Gasteiger partial charge in [-0.25, -0.2) is 4.98 Å². The van der Waals surface area contributed by atoms with Crippen molar-refractivity contribution in [2.45, 2.75) is 52.0 Å². The van der Waals surface area contributed by atoms with Crippen molar-refractivity contribution in [2.24, 2.45) is 0 Å². The molecule has 1 fully saturated rings. The van der Waals surface area contributed by atoms with E-state index < -0.39 is 0 Å². The second kappa shape index (κ2) is 8.31. The van der Waals surface area contributed by atoms with Gasteiger partial charge in [0.1, 0.15) is 11.1 Å². The molecule has 33 heavy (non-hydrogen) atoms. The van der Waals surface area contributed by atoms with Gasteiger partial charge in [0, 0.05) is 17.9 Å². The van der Waals surface area contributed by atoms with Gasteiger partial charge in [0.05, 0.1) is 10.9 Å². The number of aryl methyl sites for hydroxylation is 2. The normalized spacial score (nSPS) is 14.6. The first-order valence-electron chi connectivity index (χ1n) is 11.4. The lowest BCUT2D eigenvalue weighted by atomic mass is 9.95. The molecule has 5 rings (SSSR count). The zero-order valence-electron chi connectivity index (χ0n) is 18.9. The zero-order valence-corrected chi connectivity index (χ0v) is 18.9. The quantitative estimate of drug-likeness (QED) is 0.474. The molecule has 0 atom stereocenters. The summed E-state index contributed by atoms with van der Waals surface area (Å²) in [7, 11) is 0. The Kier molecular flexibility index (Phi) is 5.32. The smallest absolute Gasteiger partial charge is 0.267 e. The maximum absolute atomic E-state index is 13.5. The van der Waals surface area contributed by atoms with Crippen molar-refractivity contribution in [2.75, 3.05) is 0 Å². The van der Waals surface area contributed by atoms with Gasteiger partial charge in [-0.1, -0.05) is 43.0 Å². The first-order valence-corrected chi connectivity index (χ1v) is 11.4. The van der Waals surface area contributed by atoms with E-state index in [9.17, 15) is 9.59 Å². The summed E-state index contributed by atoms with van der Waals surface area (Å²) in [4.78, 5) is 31.5. The van der Waals surface area contributed by atoms with Crippen molar-refractivity contribution in [1.82, 2.24) is 19.3 Å². The molecule has 1 aliphatic rings. The number of fused-ring (bicyclic) bond motifs is 2. The molecule has 3 heterocycles. The number of nitrogens with one attached hydrogen (secondary N) is 2. The van der Waals surface area contributed by atoms with E-state index >= 15 is 0 Å². The fourth-order valence-corrected chi connectivity index (χ4v) is 4.66. The Morgan fingerprint density at radius 2 is 1.79 bits per heavy atom. The number of nitrogens with zero attached hydrogens (tertiary/aromatic N) is 3. The molecule has 4 aromatic rings. The van der Waals surface area contributed by atoms with Crippen molar-refractivity contribution in [1.29, 1.82) is 5.41 Å². The Morgan fingerprint density at radius 1 is 1.06 bits per heavy atom. The molecule has 0 unspecified atom stereocenters. The number of benzene rings is 1. The number of hydrogen-bond donors (Lipinski definition) is 2. The molecular weight excluding hydrogens is 414 g/mol. The molecule has 1 saturated carbocycles. The van der Waals surface area contributed by atoms with Crippen LogP contribution < -0.4 is 16.4 Å². The van der Waals surface area contributed by atoms with Gasteiger partial charge in [0.15, 0.2) is 5.65 Å². The lowest BCUT2D eigenvalue weighted by Gasteiger charge is -2.23. The summed E-state index contributed by atoms with van der Waals surface area (Å²) in [6.07, 6.45) is 6.95. The van der Waals surface area contributed by atoms with Gasteiger partial charge in [-0.3, -0.25) is 24.0 Å². The largest absolute Gasteiger partial charge is 0.349 e. The van der Waals surface area contributed by atoms with E-state index in [1.807, 2.05) is 44.2 Å². The van der Waals surface area contributed by atoms with Crippen LogP contribution in [0.5, 0.6) is 0 Å². The second-order valence-electron chi connectivity index (χ2n) is 8.93. The molecule has 0 radical (unpaired) electrons. The molecule has 2 N–H and O–H groups in total. The van der Waals surface area contributed by atoms with Crippen molar-refractivity contribution in [3.05, 3.63) is 81.2 Å². The van der Waals surface area contributed by atoms with E-state index in [1.54, 1.807) is 16.8 Å². The van der Waals surface area contributed by atoms with Crippen LogP contribution in [0.1, 0.15) is 53.6 Å². The van der Waals surface area contributed by atoms with Gasteiger partial charge < -0.3 is 5.32 Å². The van der Waals surface area contributed by atoms with Crippen LogP contribution >= 0.6 is 0 Å². The summed E-state index contributed by atoms with van der Waals surface area (Å²) < 4.78 is 3.11. The molecule has 7 nitrogen and oxygen atoms in total. The van der Waals surface area contributed by atoms with Gasteiger partial charge in [0.2, 0.25) is 0 Å². The van der Waals surface area contributed by atoms with Gasteiger partial charge in [-0.05, 0) is 56.5 Å². The second-order valence-corrected chi connectivity index (χ2v) is 8.93. The van der Waals surface area contributed by atoms with Gasteiger partial charge in [-0.15, -0.1) is 0 Å². The van der Waals surface area contributed by atoms with Crippen LogP contribution in [-0.4, -0.2) is 25.9 Å². The Labute approximate surface area is 191 Å². The minimum Gasteiger partial charge on any atom is -0.349 e. The van der Waals surface area contributed by atoms with Crippen molar-refractivity contribution in [3.8, 4) is 5.69 Å². The SMILES string of the molecule is Cc1ccc(-n2c(=N)c(C(=O)NC3CCCCC3)cc3c(=O)n4cccc(C)c4nc32)cc1. The molecule has 1 amide bonds. The van der Waals surface area contributed by atoms with Crippen LogP contribution in [0.25, 0.3) is 22.4 Å². The summed E-state index contributed by atoms with van der Waals surface area (Å²) >= 11 is 0. The number of carbonyl (C=O) groups excluding carboxylic acids is 1. The molecule has 168 valence electrons. The highest BCUT2D eigenvalue weighted by Crippen LogP contribution is 2.19. The molecule has 1 aromatic carbocycles. The fraction of sp³-hybridized carbons (Fsp3) is 0.308. The number of hydrogen-bond acceptors (Lipinski definition) is 4. The van der Waals surface area contributed by atoms with E-state index in [2.05, 4.69) is 5.32 Å². The Balaban J connectivity index is 1.79. The van der Waals surface area contributed by atoms with Gasteiger partial charge >= 0.3 is 0 Å². The third-order valence-electron chi connectivity index (χ3n) is 6.52. The summed E-state index contributed by atoms with van der Waals surface area (Å²) in [5, 5.41) is 12.4. The molecule has 0 spiro atoms. The molecule has 0 saturated heterocycles. The fourth-order valence-electron chi connectivity index (χ4n) is 4.66. The highest BCUT2D eigenvalue weighted by atomic mass is 16.2. The first kappa shape index (κ1) is 21.1. The van der Waals surface area contributed by atoms with E-state index in [1.165, 1.54) is 16.9 Å². The number of carbonyl (C=O) groups is 1. The zero-order chi connectivity index (χ0) is 23.1. The van der Waals surface area contributed by atoms with Crippen LogP contribution in [-0.2, 0) is 0 Å². The monoisotopic (exact) mass is 441 g/mol. The van der Waals surface area contributed by atoms with Crippen LogP contribution in [0.4, 0.5) is 0 Å². The van der Waals surface area contributed by atoms with Crippen LogP contribution in [0, 0.1) is 19.3 Å². The average Bonchev–Trinajstić information content (AvgIpc) is 2.81. The Morgan fingerprint density at radius 3 is 2.52 bits per heavy atom. The molecule has 1 aliphatic carbocycles. The molecular formula is C26H27N5O2. The van der Waals surface area contributed by atoms with Crippen LogP contribution in [0.15, 0.2) is 53.5 Å². The number of aromatic nitrogens is 3. The van der Waals surface area contributed by atoms with Crippen LogP contribution in [0.2, 0.25) is 0 Å². The van der Waals surface area contributed by atoms with E-state index in [4.69, 9.17) is 10.4 Å². The van der Waals surface area contributed by atoms with E-state index in [0.717, 1.165) is 36.8 Å². The molecule has 0 aliphatic heterocycles. The number of amides is 1. The van der Waals surface area contributed by atoms with Crippen molar-refractivity contribution in [3.63, 3.8) is 0 Å². The van der Waals surface area contributed by atoms with Gasteiger partial charge in [-0.2, -0.15) is 0 Å². The topological polar surface area (TPSA) is 92.2 Å². The third-order valence-corrected chi connectivity index (χ3v) is 6.52. The minimum atomic E-state index is -0.316. The van der Waals surface area contributed by atoms with Crippen molar-refractivity contribution >= 4 is 22.6 Å². The summed E-state index contributed by atoms with van der Waals surface area (Å²) in [6, 6.07) is 13.0. The predicted octanol–water partition coefficient (Wildman–Crippen LogP) is 3.80. The minimum absolute atomic E-state index is 0.0181. The van der Waals surface area contributed by atoms with Gasteiger partial charge in [0.25, 0.3) is 11.5 Å². The highest BCUT2D eigenvalue weighted by Gasteiger charge is 2.22. The number of rotatable bonds is 3. The first-order chi connectivity index (χ1) is 15.9. The third kappa shape index (κ3) is 3.73. The van der Waals surface area contributed by atoms with E-state index in [0.29, 0.717) is 22.4 Å². The average molecular weight is 442 g/mol. The molecule has 3 aromatic heterocycles. The maximum atomic E-state index is 13.5. The molecule has 7 heteroatoms. The van der Waals surface area contributed by atoms with Crippen LogP contribution in [0.3, 0.4) is 0 Å². The summed E-state index contributed by atoms with van der Waals surface area (Å²) in [6.45, 7) is 3.89. The summed E-state index contributed by atoms with van der Waals surface area (Å²) in [5.41, 5.74) is 3.48. The Bertz CT molecular complexity index is 1490. The molecule has 0 bridgehead atoms. The Hall–Kier alpha value is -3.74. The number of pyridine rings is 2. The maximum Gasteiger partial charge on any atom is 0.267 e. The lowest BCUT2D eigenvalue weighted by molar-refractivity contribution is 0.0925. The predicted molar refractivity (Wildman–Crippen MR) is 128 cm³/mol. The summed E-state index contributed by atoms with van der Waals surface area (Å²) in [5.74, 6) is -0.316. The standard InChI is InChI=1S/C26H27N5O2/c1-16-10-12-19(13-11-16)31-22(27)20(25(32)28-18-8-4-3-5-9-18)15-21-24(31)29-23-17(2)7-6-14-30(23)26(21)33/h6-7,10-15,18,27H,3-5,8-9H2,1-2H3,(H,28,32). The van der Waals surface area contributed by atoms with E-state index in [-0.39, 0.29) is 28.6 Å². The van der Waals surface area contributed by atoms with Crippen molar-refractivity contribution < 1.29 is 4.79 Å². The highest BCUT2D eigenvalue weighted by molar-refractivity contribution is 5.97. The lowest BCUT2D eigenvalue weighted by Crippen LogP contribution is -2.40.